The Bertz CT molecular complexity index is 860. The SMILES string of the molecule is [2H]C([2H])([2H])n1cnc2c1c(=O)n(CCCCC(C)=O)c(=O)n2C. The highest BCUT2D eigenvalue weighted by molar-refractivity contribution is 5.75. The van der Waals surface area contributed by atoms with Gasteiger partial charge in [-0.3, -0.25) is 13.9 Å². The van der Waals surface area contributed by atoms with E-state index in [0.717, 1.165) is 20.0 Å². The summed E-state index contributed by atoms with van der Waals surface area (Å²) in [6, 6.07) is 0. The molecule has 2 rings (SSSR count). The van der Waals surface area contributed by atoms with E-state index in [1.54, 1.807) is 0 Å². The van der Waals surface area contributed by atoms with Crippen LogP contribution in [0, 0.1) is 0 Å². The van der Waals surface area contributed by atoms with Gasteiger partial charge in [0.25, 0.3) is 5.56 Å². The molecule has 0 bridgehead atoms. The first kappa shape index (κ1) is 10.6. The van der Waals surface area contributed by atoms with E-state index in [4.69, 9.17) is 4.11 Å². The second kappa shape index (κ2) is 5.44. The van der Waals surface area contributed by atoms with Crippen LogP contribution < -0.4 is 11.2 Å². The second-order valence-corrected chi connectivity index (χ2v) is 4.74. The molecule has 0 spiro atoms. The van der Waals surface area contributed by atoms with Gasteiger partial charge < -0.3 is 9.36 Å². The summed E-state index contributed by atoms with van der Waals surface area (Å²) in [6.07, 6.45) is 2.45. The molecule has 0 aliphatic heterocycles. The molecule has 108 valence electrons. The van der Waals surface area contributed by atoms with Crippen LogP contribution in [0.15, 0.2) is 15.9 Å². The molecule has 7 heteroatoms. The van der Waals surface area contributed by atoms with E-state index < -0.39 is 18.2 Å². The molecular formula is C13H18N4O3. The van der Waals surface area contributed by atoms with Gasteiger partial charge in [-0.05, 0) is 19.8 Å². The van der Waals surface area contributed by atoms with Gasteiger partial charge in [-0.25, -0.2) is 9.78 Å². The first-order valence-corrected chi connectivity index (χ1v) is 6.31. The minimum atomic E-state index is -2.56. The van der Waals surface area contributed by atoms with Crippen LogP contribution in [0.2, 0.25) is 0 Å². The average molecular weight is 281 g/mol. The molecule has 0 amide bonds. The molecule has 0 aliphatic carbocycles. The number of fused-ring (bicyclic) bond motifs is 1. The van der Waals surface area contributed by atoms with Crippen LogP contribution in [-0.2, 0) is 25.4 Å². The van der Waals surface area contributed by atoms with Gasteiger partial charge in [0, 0.05) is 31.1 Å². The Balaban J connectivity index is 2.51. The number of aryl methyl sites for hydroxylation is 2. The Morgan fingerprint density at radius 2 is 2.15 bits per heavy atom. The van der Waals surface area contributed by atoms with Crippen molar-refractivity contribution in [2.75, 3.05) is 0 Å². The van der Waals surface area contributed by atoms with E-state index in [1.165, 1.54) is 14.0 Å². The summed E-state index contributed by atoms with van der Waals surface area (Å²) in [5, 5.41) is 0. The fraction of sp³-hybridized carbons (Fsp3) is 0.538. The molecule has 0 N–H and O–H groups in total. The van der Waals surface area contributed by atoms with Gasteiger partial charge >= 0.3 is 5.69 Å². The maximum absolute atomic E-state index is 12.5. The van der Waals surface area contributed by atoms with Crippen molar-refractivity contribution in [3.8, 4) is 0 Å². The lowest BCUT2D eigenvalue weighted by molar-refractivity contribution is -0.117. The molecule has 2 aromatic heterocycles. The Kier molecular flexibility index (Phi) is 2.88. The van der Waals surface area contributed by atoms with Gasteiger partial charge in [0.2, 0.25) is 0 Å². The van der Waals surface area contributed by atoms with Gasteiger partial charge in [0.1, 0.15) is 5.78 Å². The number of carbonyl (C=O) groups excluding carboxylic acids is 1. The number of carbonyl (C=O) groups is 1. The number of rotatable bonds is 5. The minimum Gasteiger partial charge on any atom is -0.328 e. The summed E-state index contributed by atoms with van der Waals surface area (Å²) in [4.78, 5) is 39.6. The van der Waals surface area contributed by atoms with Crippen molar-refractivity contribution in [1.82, 2.24) is 18.7 Å². The first-order valence-electron chi connectivity index (χ1n) is 7.81. The highest BCUT2D eigenvalue weighted by Gasteiger charge is 2.14. The summed E-state index contributed by atoms with van der Waals surface area (Å²) in [6.45, 7) is -0.954. The minimum absolute atomic E-state index is 0.0381. The number of unbranched alkanes of at least 4 members (excludes halogenated alkanes) is 1. The molecule has 0 saturated carbocycles. The highest BCUT2D eigenvalue weighted by atomic mass is 16.2. The predicted molar refractivity (Wildman–Crippen MR) is 74.7 cm³/mol. The smallest absolute Gasteiger partial charge is 0.328 e. The van der Waals surface area contributed by atoms with Crippen molar-refractivity contribution in [2.24, 2.45) is 14.0 Å². The normalized spacial score (nSPS) is 14.0. The van der Waals surface area contributed by atoms with Crippen molar-refractivity contribution < 1.29 is 8.91 Å². The van der Waals surface area contributed by atoms with E-state index in [9.17, 15) is 14.4 Å². The Hall–Kier alpha value is -2.18. The van der Waals surface area contributed by atoms with Crippen LogP contribution in [0.3, 0.4) is 0 Å². The Morgan fingerprint density at radius 3 is 2.80 bits per heavy atom. The number of hydrogen-bond donors (Lipinski definition) is 0. The Morgan fingerprint density at radius 1 is 1.40 bits per heavy atom. The van der Waals surface area contributed by atoms with E-state index in [2.05, 4.69) is 4.98 Å². The third-order valence-corrected chi connectivity index (χ3v) is 3.19. The molecule has 2 aromatic rings. The summed E-state index contributed by atoms with van der Waals surface area (Å²) >= 11 is 0. The average Bonchev–Trinajstić information content (AvgIpc) is 2.89. The summed E-state index contributed by atoms with van der Waals surface area (Å²) in [5.74, 6) is 0.0428. The highest BCUT2D eigenvalue weighted by Crippen LogP contribution is 2.04. The zero-order valence-corrected chi connectivity index (χ0v) is 11.4. The maximum atomic E-state index is 12.5. The fourth-order valence-corrected chi connectivity index (χ4v) is 2.11. The van der Waals surface area contributed by atoms with Crippen LogP contribution >= 0.6 is 0 Å². The predicted octanol–water partition coefficient (Wildman–Crippen LogP) is 0.193. The van der Waals surface area contributed by atoms with Crippen LogP contribution in [-0.4, -0.2) is 24.5 Å². The van der Waals surface area contributed by atoms with E-state index >= 15 is 0 Å². The van der Waals surface area contributed by atoms with Crippen LogP contribution in [0.1, 0.15) is 30.3 Å². The van der Waals surface area contributed by atoms with E-state index in [1.807, 2.05) is 0 Å². The Labute approximate surface area is 119 Å². The van der Waals surface area contributed by atoms with Gasteiger partial charge in [-0.1, -0.05) is 0 Å². The largest absolute Gasteiger partial charge is 0.332 e. The molecule has 0 saturated heterocycles. The maximum Gasteiger partial charge on any atom is 0.332 e. The molecular weight excluding hydrogens is 260 g/mol. The topological polar surface area (TPSA) is 78.9 Å². The van der Waals surface area contributed by atoms with Crippen LogP contribution in [0.4, 0.5) is 0 Å². The lowest BCUT2D eigenvalue weighted by atomic mass is 10.2. The van der Waals surface area contributed by atoms with Gasteiger partial charge in [-0.15, -0.1) is 0 Å². The molecule has 0 fully saturated rings. The van der Waals surface area contributed by atoms with E-state index in [0.29, 0.717) is 19.3 Å². The fourth-order valence-electron chi connectivity index (χ4n) is 2.11. The van der Waals surface area contributed by atoms with Crippen molar-refractivity contribution in [1.29, 1.82) is 0 Å². The second-order valence-electron chi connectivity index (χ2n) is 4.74. The molecule has 0 unspecified atom stereocenters. The van der Waals surface area contributed by atoms with Gasteiger partial charge in [0.05, 0.1) is 6.33 Å². The van der Waals surface area contributed by atoms with Crippen LogP contribution in [0.5, 0.6) is 0 Å². The third-order valence-electron chi connectivity index (χ3n) is 3.19. The molecule has 0 aliphatic rings. The van der Waals surface area contributed by atoms with Crippen molar-refractivity contribution in [3.63, 3.8) is 0 Å². The number of ketones is 1. The molecule has 0 radical (unpaired) electrons. The molecule has 7 nitrogen and oxygen atoms in total. The number of nitrogens with zero attached hydrogens (tertiary/aromatic N) is 4. The van der Waals surface area contributed by atoms with Crippen molar-refractivity contribution in [3.05, 3.63) is 27.2 Å². The monoisotopic (exact) mass is 281 g/mol. The van der Waals surface area contributed by atoms with Crippen molar-refractivity contribution in [2.45, 2.75) is 32.7 Å². The zero-order valence-electron chi connectivity index (χ0n) is 14.4. The summed E-state index contributed by atoms with van der Waals surface area (Å²) < 4.78 is 25.3. The summed E-state index contributed by atoms with van der Waals surface area (Å²) in [5.41, 5.74) is -1.32. The number of aromatic nitrogens is 4. The third kappa shape index (κ3) is 2.43. The molecule has 0 atom stereocenters. The number of hydrogen-bond acceptors (Lipinski definition) is 4. The zero-order chi connectivity index (χ0) is 17.4. The quantitative estimate of drug-likeness (QED) is 0.733. The lowest BCUT2D eigenvalue weighted by Crippen LogP contribution is -2.39. The lowest BCUT2D eigenvalue weighted by Gasteiger charge is -2.08. The van der Waals surface area contributed by atoms with Gasteiger partial charge in [-0.2, -0.15) is 0 Å². The van der Waals surface area contributed by atoms with Crippen LogP contribution in [0.25, 0.3) is 11.2 Å². The van der Waals surface area contributed by atoms with Crippen molar-refractivity contribution >= 4 is 16.9 Å². The molecule has 20 heavy (non-hydrogen) atoms. The van der Waals surface area contributed by atoms with E-state index in [-0.39, 0.29) is 23.5 Å². The van der Waals surface area contributed by atoms with Gasteiger partial charge in [0.15, 0.2) is 11.2 Å². The standard InChI is InChI=1S/C13H18N4O3/c1-9(18)6-4-5-7-17-12(19)10-11(14-8-15(10)2)16(3)13(17)20/h8H,4-7H2,1-3H3/i2D3. The first-order chi connectivity index (χ1) is 10.6. The summed E-state index contributed by atoms with van der Waals surface area (Å²) in [7, 11) is 1.44. The number of imidazole rings is 1. The molecule has 2 heterocycles. The number of Topliss-reactive ketones (excluding diaryl/α,β-unsaturated/α-hetero) is 1. The molecule has 0 aromatic carbocycles.